The number of ether oxygens (including phenoxy) is 1. The van der Waals surface area contributed by atoms with Crippen molar-refractivity contribution in [2.45, 2.75) is 12.3 Å². The molecule has 1 unspecified atom stereocenters. The van der Waals surface area contributed by atoms with Crippen LogP contribution in [0.3, 0.4) is 0 Å². The Labute approximate surface area is 159 Å². The second-order valence-electron chi connectivity index (χ2n) is 6.16. The fourth-order valence-electron chi connectivity index (χ4n) is 2.96. The fourth-order valence-corrected chi connectivity index (χ4v) is 2.96. The zero-order chi connectivity index (χ0) is 20.3. The van der Waals surface area contributed by atoms with Crippen molar-refractivity contribution in [3.63, 3.8) is 0 Å². The van der Waals surface area contributed by atoms with Gasteiger partial charge in [-0.15, -0.1) is 0 Å². The number of benzene rings is 2. The third-order valence-corrected chi connectivity index (χ3v) is 4.24. The van der Waals surface area contributed by atoms with Crippen LogP contribution >= 0.6 is 0 Å². The summed E-state index contributed by atoms with van der Waals surface area (Å²) in [6.45, 7) is -0.148. The molecule has 2 amide bonds. The summed E-state index contributed by atoms with van der Waals surface area (Å²) in [4.78, 5) is 26.0. The Kier molecular flexibility index (Phi) is 5.43. The molecule has 6 nitrogen and oxygen atoms in total. The van der Waals surface area contributed by atoms with Crippen LogP contribution in [0.1, 0.15) is 5.56 Å². The van der Waals surface area contributed by atoms with Crippen LogP contribution in [0.4, 0.5) is 24.5 Å². The van der Waals surface area contributed by atoms with Crippen LogP contribution in [0.25, 0.3) is 0 Å². The summed E-state index contributed by atoms with van der Waals surface area (Å²) < 4.78 is 45.0. The summed E-state index contributed by atoms with van der Waals surface area (Å²) in [6, 6.07) is 11.6. The van der Waals surface area contributed by atoms with Crippen molar-refractivity contribution in [3.8, 4) is 5.75 Å². The van der Waals surface area contributed by atoms with Crippen molar-refractivity contribution in [2.24, 2.45) is 0 Å². The van der Waals surface area contributed by atoms with Gasteiger partial charge >= 0.3 is 6.18 Å². The molecule has 1 heterocycles. The van der Waals surface area contributed by atoms with E-state index in [0.717, 1.165) is 6.07 Å². The normalized spacial score (nSPS) is 16.0. The van der Waals surface area contributed by atoms with E-state index >= 15 is 0 Å². The lowest BCUT2D eigenvalue weighted by molar-refractivity contribution is -0.137. The lowest BCUT2D eigenvalue weighted by Gasteiger charge is -2.35. The van der Waals surface area contributed by atoms with Gasteiger partial charge in [-0.05, 0) is 24.3 Å². The topological polar surface area (TPSA) is 70.7 Å². The molecule has 1 aliphatic rings. The van der Waals surface area contributed by atoms with Gasteiger partial charge in [0, 0.05) is 7.05 Å². The molecule has 2 aromatic carbocycles. The zero-order valence-electron chi connectivity index (χ0n) is 14.9. The van der Waals surface area contributed by atoms with Gasteiger partial charge in [0.2, 0.25) is 5.91 Å². The van der Waals surface area contributed by atoms with Gasteiger partial charge in [0.25, 0.3) is 5.91 Å². The first kappa shape index (κ1) is 19.5. The molecule has 0 aromatic heterocycles. The minimum Gasteiger partial charge on any atom is -0.477 e. The lowest BCUT2D eigenvalue weighted by atomic mass is 10.1. The second-order valence-corrected chi connectivity index (χ2v) is 6.16. The summed E-state index contributed by atoms with van der Waals surface area (Å²) in [5.74, 6) is -0.572. The van der Waals surface area contributed by atoms with E-state index < -0.39 is 23.8 Å². The highest BCUT2D eigenvalue weighted by atomic mass is 19.4. The molecular formula is C19H18F3N3O3. The molecule has 0 saturated heterocycles. The van der Waals surface area contributed by atoms with Crippen LogP contribution in [0.15, 0.2) is 48.5 Å². The first-order chi connectivity index (χ1) is 13.3. The Morgan fingerprint density at radius 2 is 1.82 bits per heavy atom. The van der Waals surface area contributed by atoms with Crippen LogP contribution in [0.2, 0.25) is 0 Å². The maximum atomic E-state index is 13.1. The van der Waals surface area contributed by atoms with Crippen molar-refractivity contribution in [2.75, 3.05) is 30.4 Å². The number of hydrogen-bond acceptors (Lipinski definition) is 4. The number of nitrogens with zero attached hydrogens (tertiary/aromatic N) is 1. The maximum absolute atomic E-state index is 13.1. The monoisotopic (exact) mass is 393 g/mol. The second kappa shape index (κ2) is 7.79. The number of hydrogen-bond donors (Lipinski definition) is 2. The van der Waals surface area contributed by atoms with Crippen molar-refractivity contribution in [1.29, 1.82) is 0 Å². The highest BCUT2D eigenvalue weighted by Crippen LogP contribution is 2.35. The largest absolute Gasteiger partial charge is 0.477 e. The van der Waals surface area contributed by atoms with E-state index in [9.17, 15) is 22.8 Å². The Morgan fingerprint density at radius 3 is 2.54 bits per heavy atom. The minimum atomic E-state index is -4.58. The number of rotatable bonds is 4. The first-order valence-electron chi connectivity index (χ1n) is 8.48. The molecule has 0 saturated carbocycles. The number of nitrogens with one attached hydrogen (secondary N) is 2. The number of likely N-dealkylation sites (N-methyl/N-ethyl adjacent to an activating group) is 1. The van der Waals surface area contributed by atoms with E-state index in [1.807, 2.05) is 0 Å². The molecule has 0 fully saturated rings. The fraction of sp³-hybridized carbons (Fsp3) is 0.263. The van der Waals surface area contributed by atoms with Gasteiger partial charge in [-0.3, -0.25) is 9.59 Å². The number of fused-ring (bicyclic) bond motifs is 1. The highest BCUT2D eigenvalue weighted by Gasteiger charge is 2.34. The van der Waals surface area contributed by atoms with E-state index in [1.165, 1.54) is 25.2 Å². The molecule has 2 N–H and O–H groups in total. The van der Waals surface area contributed by atoms with Gasteiger partial charge in [0.05, 0.1) is 30.0 Å². The minimum absolute atomic E-state index is 0.0883. The molecule has 9 heteroatoms. The van der Waals surface area contributed by atoms with Crippen molar-refractivity contribution < 1.29 is 27.5 Å². The first-order valence-corrected chi connectivity index (χ1v) is 8.48. The molecule has 2 aromatic rings. The molecule has 3 rings (SSSR count). The van der Waals surface area contributed by atoms with E-state index in [0.29, 0.717) is 11.4 Å². The Bertz CT molecular complexity index is 886. The third kappa shape index (κ3) is 4.19. The molecule has 0 spiro atoms. The number of amides is 2. The number of carbonyl (C=O) groups excluding carboxylic acids is 2. The summed E-state index contributed by atoms with van der Waals surface area (Å²) in [5, 5.41) is 4.80. The highest BCUT2D eigenvalue weighted by molar-refractivity contribution is 5.95. The van der Waals surface area contributed by atoms with Gasteiger partial charge in [0.15, 0.2) is 6.10 Å². The summed E-state index contributed by atoms with van der Waals surface area (Å²) in [5.41, 5.74) is -0.653. The van der Waals surface area contributed by atoms with Gasteiger partial charge in [-0.2, -0.15) is 13.2 Å². The summed E-state index contributed by atoms with van der Waals surface area (Å²) in [7, 11) is 1.47. The number of para-hydroxylation sites is 3. The van der Waals surface area contributed by atoms with Crippen molar-refractivity contribution in [3.05, 3.63) is 54.1 Å². The van der Waals surface area contributed by atoms with E-state index in [-0.39, 0.29) is 24.7 Å². The molecular weight excluding hydrogens is 375 g/mol. The standard InChI is InChI=1S/C19H18F3N3O3/c1-23-18(27)16-10-25(14-8-4-5-9-15(14)28-16)11-17(26)24-13-7-3-2-6-12(13)19(20,21)22/h2-9,16H,10-11H2,1H3,(H,23,27)(H,24,26). The van der Waals surface area contributed by atoms with Gasteiger partial charge in [-0.1, -0.05) is 24.3 Å². The molecule has 28 heavy (non-hydrogen) atoms. The van der Waals surface area contributed by atoms with Crippen LogP contribution in [0.5, 0.6) is 5.75 Å². The van der Waals surface area contributed by atoms with Crippen LogP contribution in [0, 0.1) is 0 Å². The van der Waals surface area contributed by atoms with E-state index in [4.69, 9.17) is 4.74 Å². The van der Waals surface area contributed by atoms with E-state index in [1.54, 1.807) is 29.2 Å². The predicted octanol–water partition coefficient (Wildman–Crippen LogP) is 2.66. The smallest absolute Gasteiger partial charge is 0.418 e. The number of carbonyl (C=O) groups is 2. The van der Waals surface area contributed by atoms with Crippen LogP contribution in [-0.4, -0.2) is 38.1 Å². The van der Waals surface area contributed by atoms with Crippen LogP contribution in [-0.2, 0) is 15.8 Å². The predicted molar refractivity (Wildman–Crippen MR) is 97.2 cm³/mol. The molecule has 0 bridgehead atoms. The lowest BCUT2D eigenvalue weighted by Crippen LogP contribution is -2.50. The number of anilines is 2. The van der Waals surface area contributed by atoms with E-state index in [2.05, 4.69) is 10.6 Å². The number of halogens is 3. The third-order valence-electron chi connectivity index (χ3n) is 4.24. The van der Waals surface area contributed by atoms with Crippen molar-refractivity contribution in [1.82, 2.24) is 5.32 Å². The molecule has 1 aliphatic heterocycles. The molecule has 1 atom stereocenters. The molecule has 0 radical (unpaired) electrons. The Morgan fingerprint density at radius 1 is 1.14 bits per heavy atom. The average molecular weight is 393 g/mol. The maximum Gasteiger partial charge on any atom is 0.418 e. The zero-order valence-corrected chi connectivity index (χ0v) is 14.9. The number of alkyl halides is 3. The quantitative estimate of drug-likeness (QED) is 0.838. The Balaban J connectivity index is 1.79. The summed E-state index contributed by atoms with van der Waals surface area (Å²) >= 11 is 0. The van der Waals surface area contributed by atoms with Crippen molar-refractivity contribution >= 4 is 23.2 Å². The van der Waals surface area contributed by atoms with Gasteiger partial charge in [-0.25, -0.2) is 0 Å². The van der Waals surface area contributed by atoms with Crippen LogP contribution < -0.4 is 20.3 Å². The summed E-state index contributed by atoms with van der Waals surface area (Å²) in [6.07, 6.45) is -5.42. The molecule has 148 valence electrons. The average Bonchev–Trinajstić information content (AvgIpc) is 2.66. The molecule has 0 aliphatic carbocycles. The Hall–Kier alpha value is -3.23. The van der Waals surface area contributed by atoms with Gasteiger partial charge in [0.1, 0.15) is 5.75 Å². The SMILES string of the molecule is CNC(=O)C1CN(CC(=O)Nc2ccccc2C(F)(F)F)c2ccccc2O1. The van der Waals surface area contributed by atoms with Gasteiger partial charge < -0.3 is 20.3 Å².